The lowest BCUT2D eigenvalue weighted by atomic mass is 9.99. The van der Waals surface area contributed by atoms with Gasteiger partial charge in [0.15, 0.2) is 11.5 Å². The molecule has 0 fully saturated rings. The van der Waals surface area contributed by atoms with Crippen LogP contribution in [0.25, 0.3) is 0 Å². The zero-order chi connectivity index (χ0) is 23.0. The minimum absolute atomic E-state index is 0.250. The lowest BCUT2D eigenvalue weighted by molar-refractivity contribution is 0.0694. The summed E-state index contributed by atoms with van der Waals surface area (Å²) in [7, 11) is 0. The number of nitrogens with one attached hydrogen (secondary N) is 1. The lowest BCUT2D eigenvalue weighted by Crippen LogP contribution is -2.15. The van der Waals surface area contributed by atoms with E-state index in [0.29, 0.717) is 25.2 Å². The normalized spacial score (nSPS) is 12.4. The second-order valence-electron chi connectivity index (χ2n) is 8.58. The largest absolute Gasteiger partial charge is 0.478 e. The predicted octanol–water partition coefficient (Wildman–Crippen LogP) is 4.80. The number of hydrogen-bond acceptors (Lipinski definition) is 4. The summed E-state index contributed by atoms with van der Waals surface area (Å²) in [6.07, 6.45) is 0. The van der Waals surface area contributed by atoms with E-state index in [1.165, 1.54) is 22.3 Å². The van der Waals surface area contributed by atoms with E-state index in [1.54, 1.807) is 0 Å². The maximum absolute atomic E-state index is 12.1. The summed E-state index contributed by atoms with van der Waals surface area (Å²) in [5, 5.41) is 13.4. The number of aromatic carboxylic acids is 1. The number of benzene rings is 2. The van der Waals surface area contributed by atoms with Crippen LogP contribution in [0.5, 0.6) is 11.5 Å². The number of ether oxygens (including phenoxy) is 2. The van der Waals surface area contributed by atoms with Crippen LogP contribution in [-0.4, -0.2) is 22.4 Å². The van der Waals surface area contributed by atoms with Gasteiger partial charge in [-0.1, -0.05) is 23.8 Å². The van der Waals surface area contributed by atoms with Gasteiger partial charge in [-0.2, -0.15) is 0 Å². The lowest BCUT2D eigenvalue weighted by Gasteiger charge is -2.16. The van der Waals surface area contributed by atoms with Crippen LogP contribution < -0.4 is 14.8 Å². The third-order valence-corrected chi connectivity index (χ3v) is 6.35. The molecule has 2 N–H and O–H groups in total. The molecule has 0 spiro atoms. The van der Waals surface area contributed by atoms with Crippen LogP contribution in [0.3, 0.4) is 0 Å². The van der Waals surface area contributed by atoms with E-state index < -0.39 is 5.97 Å². The summed E-state index contributed by atoms with van der Waals surface area (Å²) in [4.78, 5) is 12.1. The fourth-order valence-corrected chi connectivity index (χ4v) is 4.69. The van der Waals surface area contributed by atoms with Crippen LogP contribution in [0.1, 0.15) is 55.1 Å². The molecule has 0 saturated carbocycles. The first kappa shape index (κ1) is 22.0. The Bertz CT molecular complexity index is 1170. The van der Waals surface area contributed by atoms with E-state index in [4.69, 9.17) is 9.47 Å². The number of fused-ring (bicyclic) bond motifs is 1. The SMILES string of the molecule is Cc1cc(C)c(Cn2c(C)c(CNCc3ccc4c(c3)OCO4)c(C(=O)O)c2C)c(C)c1. The average Bonchev–Trinajstić information content (AvgIpc) is 3.27. The molecule has 0 aliphatic carbocycles. The molecule has 0 bridgehead atoms. The first-order chi connectivity index (χ1) is 15.3. The van der Waals surface area contributed by atoms with Crippen LogP contribution in [-0.2, 0) is 19.6 Å². The second-order valence-corrected chi connectivity index (χ2v) is 8.58. The van der Waals surface area contributed by atoms with Crippen molar-refractivity contribution in [3.05, 3.63) is 80.7 Å². The van der Waals surface area contributed by atoms with E-state index in [2.05, 4.69) is 42.8 Å². The van der Waals surface area contributed by atoms with Crippen LogP contribution >= 0.6 is 0 Å². The van der Waals surface area contributed by atoms with Crippen LogP contribution in [0.2, 0.25) is 0 Å². The molecule has 0 saturated heterocycles. The Morgan fingerprint density at radius 2 is 1.62 bits per heavy atom. The number of hydrogen-bond donors (Lipinski definition) is 2. The van der Waals surface area contributed by atoms with Gasteiger partial charge in [-0.15, -0.1) is 0 Å². The van der Waals surface area contributed by atoms with Gasteiger partial charge in [0, 0.05) is 36.6 Å². The van der Waals surface area contributed by atoms with Gasteiger partial charge in [-0.05, 0) is 69.0 Å². The molecule has 1 aromatic heterocycles. The zero-order valence-electron chi connectivity index (χ0n) is 19.3. The highest BCUT2D eigenvalue weighted by atomic mass is 16.7. The summed E-state index contributed by atoms with van der Waals surface area (Å²) in [5.74, 6) is 0.617. The van der Waals surface area contributed by atoms with Crippen LogP contribution in [0, 0.1) is 34.6 Å². The van der Waals surface area contributed by atoms with Gasteiger partial charge in [0.05, 0.1) is 5.56 Å². The summed E-state index contributed by atoms with van der Waals surface area (Å²) in [6, 6.07) is 10.2. The Morgan fingerprint density at radius 1 is 0.938 bits per heavy atom. The fraction of sp³-hybridized carbons (Fsp3) is 0.346. The van der Waals surface area contributed by atoms with Crippen molar-refractivity contribution in [2.24, 2.45) is 0 Å². The quantitative estimate of drug-likeness (QED) is 0.559. The maximum Gasteiger partial charge on any atom is 0.337 e. The van der Waals surface area contributed by atoms with Gasteiger partial charge in [-0.3, -0.25) is 0 Å². The summed E-state index contributed by atoms with van der Waals surface area (Å²) >= 11 is 0. The number of aryl methyl sites for hydroxylation is 3. The highest BCUT2D eigenvalue weighted by Crippen LogP contribution is 2.32. The first-order valence-electron chi connectivity index (χ1n) is 10.8. The van der Waals surface area contributed by atoms with Crippen LogP contribution in [0.4, 0.5) is 0 Å². The molecule has 6 nitrogen and oxygen atoms in total. The number of aromatic nitrogens is 1. The molecule has 0 atom stereocenters. The smallest absolute Gasteiger partial charge is 0.337 e. The monoisotopic (exact) mass is 434 g/mol. The number of rotatable bonds is 7. The predicted molar refractivity (Wildman–Crippen MR) is 124 cm³/mol. The summed E-state index contributed by atoms with van der Waals surface area (Å²) < 4.78 is 12.9. The van der Waals surface area contributed by atoms with Crippen molar-refractivity contribution in [3.8, 4) is 11.5 Å². The van der Waals surface area contributed by atoms with Crippen molar-refractivity contribution in [2.45, 2.75) is 54.3 Å². The van der Waals surface area contributed by atoms with Gasteiger partial charge >= 0.3 is 5.97 Å². The first-order valence-corrected chi connectivity index (χ1v) is 10.8. The fourth-order valence-electron chi connectivity index (χ4n) is 4.69. The molecule has 6 heteroatoms. The van der Waals surface area contributed by atoms with Crippen molar-refractivity contribution in [1.29, 1.82) is 0 Å². The van der Waals surface area contributed by atoms with Gasteiger partial charge < -0.3 is 24.5 Å². The minimum Gasteiger partial charge on any atom is -0.478 e. The number of nitrogens with zero attached hydrogens (tertiary/aromatic N) is 1. The van der Waals surface area contributed by atoms with Gasteiger partial charge in [0.2, 0.25) is 6.79 Å². The number of carboxylic acids is 1. The summed E-state index contributed by atoms with van der Waals surface area (Å²) in [6.45, 7) is 12.2. The third kappa shape index (κ3) is 4.10. The van der Waals surface area contributed by atoms with Crippen molar-refractivity contribution in [3.63, 3.8) is 0 Å². The van der Waals surface area contributed by atoms with Crippen molar-refractivity contribution in [2.75, 3.05) is 6.79 Å². The topological polar surface area (TPSA) is 72.7 Å². The Hall–Kier alpha value is -3.25. The maximum atomic E-state index is 12.1. The second kappa shape index (κ2) is 8.71. The highest BCUT2D eigenvalue weighted by Gasteiger charge is 2.23. The number of carbonyl (C=O) groups is 1. The molecule has 0 amide bonds. The Kier molecular flexibility index (Phi) is 5.98. The van der Waals surface area contributed by atoms with Crippen molar-refractivity contribution >= 4 is 5.97 Å². The molecule has 0 radical (unpaired) electrons. The minimum atomic E-state index is -0.887. The Balaban J connectivity index is 1.58. The molecule has 1 aliphatic heterocycles. The summed E-state index contributed by atoms with van der Waals surface area (Å²) in [5.41, 5.74) is 9.00. The molecule has 0 unspecified atom stereocenters. The standard InChI is InChI=1S/C26H30N2O4/c1-15-8-16(2)22(17(3)9-15)13-28-18(4)21(25(19(28)5)26(29)30)12-27-11-20-6-7-23-24(10-20)32-14-31-23/h6-10,27H,11-14H2,1-5H3,(H,29,30). The zero-order valence-corrected chi connectivity index (χ0v) is 19.3. The average molecular weight is 435 g/mol. The molecular weight excluding hydrogens is 404 g/mol. The number of carboxylic acid groups (broad SMARTS) is 1. The van der Waals surface area contributed by atoms with E-state index >= 15 is 0 Å². The third-order valence-electron chi connectivity index (χ3n) is 6.35. The molecule has 1 aliphatic rings. The van der Waals surface area contributed by atoms with E-state index in [0.717, 1.165) is 34.0 Å². The Labute approximate surface area is 188 Å². The van der Waals surface area contributed by atoms with Gasteiger partial charge in [0.25, 0.3) is 0 Å². The van der Waals surface area contributed by atoms with Crippen molar-refractivity contribution < 1.29 is 19.4 Å². The molecular formula is C26H30N2O4. The van der Waals surface area contributed by atoms with Gasteiger partial charge in [-0.25, -0.2) is 4.79 Å². The molecule has 2 heterocycles. The molecule has 32 heavy (non-hydrogen) atoms. The van der Waals surface area contributed by atoms with E-state index in [9.17, 15) is 9.90 Å². The highest BCUT2D eigenvalue weighted by molar-refractivity contribution is 5.91. The molecule has 2 aromatic carbocycles. The van der Waals surface area contributed by atoms with Crippen LogP contribution in [0.15, 0.2) is 30.3 Å². The van der Waals surface area contributed by atoms with E-state index in [-0.39, 0.29) is 6.79 Å². The molecule has 3 aromatic rings. The molecule has 168 valence electrons. The Morgan fingerprint density at radius 3 is 2.31 bits per heavy atom. The van der Waals surface area contributed by atoms with Gasteiger partial charge in [0.1, 0.15) is 0 Å². The molecule has 4 rings (SSSR count). The van der Waals surface area contributed by atoms with Crippen molar-refractivity contribution in [1.82, 2.24) is 9.88 Å². The van der Waals surface area contributed by atoms with E-state index in [1.807, 2.05) is 32.0 Å².